The summed E-state index contributed by atoms with van der Waals surface area (Å²) in [7, 11) is 0. The molecule has 4 rings (SSSR count). The number of carbonyl (C=O) groups is 3. The molecule has 1 aliphatic heterocycles. The number of benzene rings is 3. The number of amides is 3. The molecule has 9 nitrogen and oxygen atoms in total. The Kier molecular flexibility index (Phi) is 9.29. The largest absolute Gasteiger partial charge is 0.481 e. The van der Waals surface area contributed by atoms with E-state index in [4.69, 9.17) is 16.3 Å². The molecule has 0 radical (unpaired) electrons. The third-order valence-corrected chi connectivity index (χ3v) is 6.97. The van der Waals surface area contributed by atoms with E-state index in [1.165, 1.54) is 0 Å². The summed E-state index contributed by atoms with van der Waals surface area (Å²) >= 11 is 5.95. The minimum absolute atomic E-state index is 0.0322. The van der Waals surface area contributed by atoms with Crippen molar-refractivity contribution in [3.05, 3.63) is 88.4 Å². The summed E-state index contributed by atoms with van der Waals surface area (Å²) in [5.74, 6) is -1.49. The lowest BCUT2D eigenvalue weighted by atomic mass is 10.0. The van der Waals surface area contributed by atoms with Gasteiger partial charge < -0.3 is 30.7 Å². The first-order valence-electron chi connectivity index (χ1n) is 13.0. The van der Waals surface area contributed by atoms with Gasteiger partial charge in [0.1, 0.15) is 0 Å². The van der Waals surface area contributed by atoms with Crippen LogP contribution < -0.4 is 20.9 Å². The minimum Gasteiger partial charge on any atom is -0.481 e. The van der Waals surface area contributed by atoms with Crippen LogP contribution in [0.2, 0.25) is 5.02 Å². The van der Waals surface area contributed by atoms with Crippen LogP contribution in [0.25, 0.3) is 0 Å². The van der Waals surface area contributed by atoms with Crippen molar-refractivity contribution >= 4 is 46.6 Å². The van der Waals surface area contributed by atoms with Crippen molar-refractivity contribution in [3.8, 4) is 0 Å². The predicted molar refractivity (Wildman–Crippen MR) is 156 cm³/mol. The van der Waals surface area contributed by atoms with Crippen molar-refractivity contribution in [1.29, 1.82) is 0 Å². The molecule has 210 valence electrons. The summed E-state index contributed by atoms with van der Waals surface area (Å²) in [6.07, 6.45) is -0.274. The monoisotopic (exact) mass is 564 g/mol. The number of aliphatic carboxylic acids is 1. The maximum atomic E-state index is 13.4. The van der Waals surface area contributed by atoms with Gasteiger partial charge in [0.2, 0.25) is 0 Å². The first-order valence-corrected chi connectivity index (χ1v) is 13.4. The summed E-state index contributed by atoms with van der Waals surface area (Å²) in [4.78, 5) is 40.1. The number of aryl methyl sites for hydroxylation is 1. The maximum Gasteiger partial charge on any atom is 0.323 e. The van der Waals surface area contributed by atoms with E-state index < -0.39 is 23.9 Å². The fourth-order valence-electron chi connectivity index (χ4n) is 4.77. The Bertz CT molecular complexity index is 1350. The second-order valence-corrected chi connectivity index (χ2v) is 10.4. The molecule has 1 heterocycles. The van der Waals surface area contributed by atoms with Crippen LogP contribution in [0.3, 0.4) is 0 Å². The average Bonchev–Trinajstić information content (AvgIpc) is 2.90. The van der Waals surface area contributed by atoms with Crippen molar-refractivity contribution in [2.45, 2.75) is 45.3 Å². The Hall–Kier alpha value is -4.08. The van der Waals surface area contributed by atoms with Crippen LogP contribution in [0.15, 0.2) is 66.7 Å². The number of urea groups is 1. The molecular weight excluding hydrogens is 532 g/mol. The van der Waals surface area contributed by atoms with E-state index in [2.05, 4.69) is 20.9 Å². The molecule has 10 heteroatoms. The summed E-state index contributed by atoms with van der Waals surface area (Å²) in [6, 6.07) is 18.0. The molecule has 0 spiro atoms. The number of carboxylic acids is 1. The summed E-state index contributed by atoms with van der Waals surface area (Å²) in [6.45, 7) is 7.05. The highest BCUT2D eigenvalue weighted by Crippen LogP contribution is 2.33. The van der Waals surface area contributed by atoms with Gasteiger partial charge in [-0.15, -0.1) is 0 Å². The molecule has 3 aromatic carbocycles. The highest BCUT2D eigenvalue weighted by Gasteiger charge is 2.29. The summed E-state index contributed by atoms with van der Waals surface area (Å²) in [5.41, 5.74) is 3.73. The smallest absolute Gasteiger partial charge is 0.323 e. The number of ether oxygens (including phenoxy) is 1. The van der Waals surface area contributed by atoms with Crippen molar-refractivity contribution < 1.29 is 24.2 Å². The SMILES string of the molecule is Cc1ccc(C(CC(=O)O)NC(=O)c2ccc(N3C(C)COCC3C)c(NC(=O)Nc3ccc(Cl)cc3)c2)cc1. The predicted octanol–water partition coefficient (Wildman–Crippen LogP) is 5.85. The van der Waals surface area contributed by atoms with Crippen LogP contribution in [0.5, 0.6) is 0 Å². The Morgan fingerprint density at radius 2 is 1.62 bits per heavy atom. The lowest BCUT2D eigenvalue weighted by Crippen LogP contribution is -2.50. The van der Waals surface area contributed by atoms with Crippen molar-refractivity contribution in [1.82, 2.24) is 5.32 Å². The standard InChI is InChI=1S/C30H33ClN4O5/c1-18-4-6-21(7-5-18)25(15-28(36)37)33-29(38)22-8-13-27(35-19(2)16-40-17-20(35)3)26(14-22)34-30(39)32-24-11-9-23(31)10-12-24/h4-14,19-20,25H,15-17H2,1-3H3,(H,33,38)(H,36,37)(H2,32,34,39). The molecule has 0 saturated carbocycles. The van der Waals surface area contributed by atoms with Crippen LogP contribution in [-0.2, 0) is 9.53 Å². The molecule has 1 saturated heterocycles. The van der Waals surface area contributed by atoms with Crippen LogP contribution >= 0.6 is 11.6 Å². The highest BCUT2D eigenvalue weighted by atomic mass is 35.5. The van der Waals surface area contributed by atoms with Gasteiger partial charge in [0.15, 0.2) is 0 Å². The number of rotatable bonds is 8. The van der Waals surface area contributed by atoms with Gasteiger partial charge in [-0.05, 0) is 68.8 Å². The molecule has 3 atom stereocenters. The highest BCUT2D eigenvalue weighted by molar-refractivity contribution is 6.30. The third-order valence-electron chi connectivity index (χ3n) is 6.72. The number of carbonyl (C=O) groups excluding carboxylic acids is 2. The first-order chi connectivity index (χ1) is 19.1. The molecule has 3 aromatic rings. The third kappa shape index (κ3) is 7.31. The van der Waals surface area contributed by atoms with E-state index in [0.717, 1.165) is 11.3 Å². The van der Waals surface area contributed by atoms with Gasteiger partial charge in [0.25, 0.3) is 5.91 Å². The number of morpholine rings is 1. The van der Waals surface area contributed by atoms with Crippen molar-refractivity contribution in [2.24, 2.45) is 0 Å². The fourth-order valence-corrected chi connectivity index (χ4v) is 4.89. The fraction of sp³-hybridized carbons (Fsp3) is 0.300. The summed E-state index contributed by atoms with van der Waals surface area (Å²) < 4.78 is 5.68. The molecule has 3 unspecified atom stereocenters. The minimum atomic E-state index is -1.03. The zero-order chi connectivity index (χ0) is 28.8. The van der Waals surface area contributed by atoms with E-state index >= 15 is 0 Å². The molecule has 0 bridgehead atoms. The molecule has 1 fully saturated rings. The van der Waals surface area contributed by atoms with E-state index in [1.54, 1.807) is 42.5 Å². The second kappa shape index (κ2) is 12.8. The van der Waals surface area contributed by atoms with Crippen molar-refractivity contribution in [3.63, 3.8) is 0 Å². The van der Waals surface area contributed by atoms with Gasteiger partial charge in [-0.2, -0.15) is 0 Å². The van der Waals surface area contributed by atoms with E-state index in [9.17, 15) is 19.5 Å². The Morgan fingerprint density at radius 3 is 2.25 bits per heavy atom. The molecule has 0 aromatic heterocycles. The molecular formula is C30H33ClN4O5. The van der Waals surface area contributed by atoms with Crippen LogP contribution in [0.4, 0.5) is 21.9 Å². The van der Waals surface area contributed by atoms with Gasteiger partial charge >= 0.3 is 12.0 Å². The molecule has 4 N–H and O–H groups in total. The number of nitrogens with one attached hydrogen (secondary N) is 3. The molecule has 0 aliphatic carbocycles. The lowest BCUT2D eigenvalue weighted by molar-refractivity contribution is -0.137. The zero-order valence-electron chi connectivity index (χ0n) is 22.6. The number of hydrogen-bond donors (Lipinski definition) is 4. The zero-order valence-corrected chi connectivity index (χ0v) is 23.4. The maximum absolute atomic E-state index is 13.4. The number of hydrogen-bond acceptors (Lipinski definition) is 5. The Balaban J connectivity index is 1.63. The first kappa shape index (κ1) is 28.9. The van der Waals surface area contributed by atoms with Gasteiger partial charge in [0.05, 0.1) is 37.1 Å². The van der Waals surface area contributed by atoms with Crippen LogP contribution in [0.1, 0.15) is 47.8 Å². The quantitative estimate of drug-likeness (QED) is 0.272. The van der Waals surface area contributed by atoms with Gasteiger partial charge in [-0.3, -0.25) is 9.59 Å². The van der Waals surface area contributed by atoms with Crippen LogP contribution in [-0.4, -0.2) is 48.3 Å². The Labute approximate surface area is 238 Å². The lowest BCUT2D eigenvalue weighted by Gasteiger charge is -2.41. The molecule has 3 amide bonds. The molecule has 40 heavy (non-hydrogen) atoms. The number of nitrogens with zero attached hydrogens (tertiary/aromatic N) is 1. The van der Waals surface area contributed by atoms with E-state index in [1.807, 2.05) is 45.0 Å². The topological polar surface area (TPSA) is 120 Å². The number of carboxylic acid groups (broad SMARTS) is 1. The summed E-state index contributed by atoms with van der Waals surface area (Å²) in [5, 5.41) is 18.5. The van der Waals surface area contributed by atoms with Gasteiger partial charge in [0, 0.05) is 28.4 Å². The van der Waals surface area contributed by atoms with Crippen molar-refractivity contribution in [2.75, 3.05) is 28.7 Å². The molecule has 1 aliphatic rings. The van der Waals surface area contributed by atoms with E-state index in [0.29, 0.717) is 35.2 Å². The van der Waals surface area contributed by atoms with Crippen LogP contribution in [0, 0.1) is 6.92 Å². The van der Waals surface area contributed by atoms with E-state index in [-0.39, 0.29) is 24.1 Å². The van der Waals surface area contributed by atoms with Gasteiger partial charge in [-0.1, -0.05) is 41.4 Å². The number of halogens is 1. The van der Waals surface area contributed by atoms with Gasteiger partial charge in [-0.25, -0.2) is 4.79 Å². The normalized spacial score (nSPS) is 17.6. The average molecular weight is 565 g/mol. The Morgan fingerprint density at radius 1 is 0.975 bits per heavy atom. The second-order valence-electron chi connectivity index (χ2n) is 10.00. The number of anilines is 3.